The maximum absolute atomic E-state index is 4.54. The Balaban J connectivity index is 1.76. The molecule has 0 bridgehead atoms. The van der Waals surface area contributed by atoms with Gasteiger partial charge in [0.25, 0.3) is 0 Å². The monoisotopic (exact) mass is 303 g/mol. The number of benzene rings is 2. The molecule has 2 N–H and O–H groups in total. The van der Waals surface area contributed by atoms with Crippen molar-refractivity contribution in [2.75, 3.05) is 5.32 Å². The summed E-state index contributed by atoms with van der Waals surface area (Å²) in [4.78, 5) is 8.89. The van der Waals surface area contributed by atoms with Gasteiger partial charge >= 0.3 is 0 Å². The topological polar surface area (TPSA) is 66.5 Å². The lowest BCUT2D eigenvalue weighted by Gasteiger charge is -2.17. The fraction of sp³-hybridized carbons (Fsp3) is 0.167. The van der Waals surface area contributed by atoms with Gasteiger partial charge in [-0.15, -0.1) is 0 Å². The third-order valence-corrected chi connectivity index (χ3v) is 4.06. The summed E-state index contributed by atoms with van der Waals surface area (Å²) in [5.41, 5.74) is 2.00. The molecule has 4 aromatic rings. The number of aromatic nitrogens is 4. The van der Waals surface area contributed by atoms with Crippen LogP contribution in [0.3, 0.4) is 0 Å². The number of nitrogens with one attached hydrogen (secondary N) is 2. The molecule has 0 spiro atoms. The van der Waals surface area contributed by atoms with Gasteiger partial charge in [0.2, 0.25) is 0 Å². The lowest BCUT2D eigenvalue weighted by molar-refractivity contribution is 0.881. The third-order valence-electron chi connectivity index (χ3n) is 4.06. The van der Waals surface area contributed by atoms with Crippen molar-refractivity contribution in [1.82, 2.24) is 20.2 Å². The predicted molar refractivity (Wildman–Crippen MR) is 92.4 cm³/mol. The summed E-state index contributed by atoms with van der Waals surface area (Å²) in [6.45, 7) is 4.03. The van der Waals surface area contributed by atoms with Gasteiger partial charge in [0.15, 0.2) is 5.65 Å². The Labute approximate surface area is 133 Å². The van der Waals surface area contributed by atoms with Crippen molar-refractivity contribution < 1.29 is 0 Å². The van der Waals surface area contributed by atoms with Crippen LogP contribution in [0.5, 0.6) is 0 Å². The van der Waals surface area contributed by atoms with Gasteiger partial charge in [-0.2, -0.15) is 5.10 Å². The summed E-state index contributed by atoms with van der Waals surface area (Å²) in [7, 11) is 0. The Morgan fingerprint density at radius 1 is 1.00 bits per heavy atom. The number of aryl methyl sites for hydroxylation is 1. The number of aromatic amines is 1. The number of hydrogen-bond donors (Lipinski definition) is 2. The molecule has 5 heteroatoms. The molecule has 2 aromatic carbocycles. The fourth-order valence-electron chi connectivity index (χ4n) is 2.97. The third kappa shape index (κ3) is 2.40. The van der Waals surface area contributed by atoms with E-state index in [-0.39, 0.29) is 6.04 Å². The van der Waals surface area contributed by atoms with Gasteiger partial charge in [-0.25, -0.2) is 9.97 Å². The highest BCUT2D eigenvalue weighted by Crippen LogP contribution is 2.28. The molecule has 2 aromatic heterocycles. The van der Waals surface area contributed by atoms with Crippen LogP contribution >= 0.6 is 0 Å². The van der Waals surface area contributed by atoms with Gasteiger partial charge in [0.05, 0.1) is 17.6 Å². The summed E-state index contributed by atoms with van der Waals surface area (Å²) in [6.07, 6.45) is 1.76. The zero-order valence-corrected chi connectivity index (χ0v) is 13.0. The van der Waals surface area contributed by atoms with Crippen LogP contribution in [0.4, 0.5) is 5.82 Å². The van der Waals surface area contributed by atoms with Crippen LogP contribution in [0.15, 0.2) is 48.7 Å². The van der Waals surface area contributed by atoms with Crippen LogP contribution < -0.4 is 5.32 Å². The maximum Gasteiger partial charge on any atom is 0.161 e. The molecule has 23 heavy (non-hydrogen) atoms. The number of rotatable bonds is 3. The first-order chi connectivity index (χ1) is 11.2. The second kappa shape index (κ2) is 5.35. The Hall–Kier alpha value is -2.95. The predicted octanol–water partition coefficient (Wildman–Crippen LogP) is 3.99. The number of anilines is 1. The largest absolute Gasteiger partial charge is 0.363 e. The van der Waals surface area contributed by atoms with Gasteiger partial charge < -0.3 is 5.32 Å². The molecule has 0 aliphatic heterocycles. The SMILES string of the molecule is Cc1nc(N[C@H](C)c2cccc3ccccc23)c2cn[nH]c2n1. The average molecular weight is 303 g/mol. The average Bonchev–Trinajstić information content (AvgIpc) is 3.02. The molecule has 0 fully saturated rings. The smallest absolute Gasteiger partial charge is 0.161 e. The van der Waals surface area contributed by atoms with Crippen molar-refractivity contribution in [3.63, 3.8) is 0 Å². The summed E-state index contributed by atoms with van der Waals surface area (Å²) in [5, 5.41) is 13.9. The van der Waals surface area contributed by atoms with Gasteiger partial charge in [0.1, 0.15) is 11.6 Å². The molecule has 0 amide bonds. The van der Waals surface area contributed by atoms with Gasteiger partial charge in [-0.3, -0.25) is 5.10 Å². The Kier molecular flexibility index (Phi) is 3.19. The number of nitrogens with zero attached hydrogens (tertiary/aromatic N) is 3. The molecule has 5 nitrogen and oxygen atoms in total. The Morgan fingerprint density at radius 2 is 1.83 bits per heavy atom. The summed E-state index contributed by atoms with van der Waals surface area (Å²) < 4.78 is 0. The second-order valence-corrected chi connectivity index (χ2v) is 5.69. The van der Waals surface area contributed by atoms with E-state index in [1.54, 1.807) is 6.20 Å². The van der Waals surface area contributed by atoms with E-state index in [4.69, 9.17) is 0 Å². The molecule has 114 valence electrons. The molecule has 1 atom stereocenters. The zero-order valence-electron chi connectivity index (χ0n) is 13.0. The number of fused-ring (bicyclic) bond motifs is 2. The highest BCUT2D eigenvalue weighted by atomic mass is 15.2. The lowest BCUT2D eigenvalue weighted by Crippen LogP contribution is -2.09. The summed E-state index contributed by atoms with van der Waals surface area (Å²) in [6, 6.07) is 14.9. The van der Waals surface area contributed by atoms with Crippen molar-refractivity contribution in [2.45, 2.75) is 19.9 Å². The summed E-state index contributed by atoms with van der Waals surface area (Å²) >= 11 is 0. The molecule has 2 heterocycles. The Morgan fingerprint density at radius 3 is 2.74 bits per heavy atom. The van der Waals surface area contributed by atoms with E-state index in [0.29, 0.717) is 0 Å². The van der Waals surface area contributed by atoms with Crippen molar-refractivity contribution in [1.29, 1.82) is 0 Å². The first-order valence-electron chi connectivity index (χ1n) is 7.64. The normalized spacial score (nSPS) is 12.6. The van der Waals surface area contributed by atoms with Gasteiger partial charge in [0, 0.05) is 0 Å². The van der Waals surface area contributed by atoms with E-state index in [9.17, 15) is 0 Å². The minimum absolute atomic E-state index is 0.119. The standard InChI is InChI=1S/C18H17N5/c1-11(14-9-5-7-13-6-3-4-8-15(13)14)20-17-16-10-19-23-18(16)22-12(2)21-17/h3-11H,1-2H3,(H2,19,20,21,22,23)/t11-/m1/s1. The highest BCUT2D eigenvalue weighted by Gasteiger charge is 2.13. The molecular formula is C18H17N5. The molecule has 0 aliphatic rings. The molecular weight excluding hydrogens is 286 g/mol. The van der Waals surface area contributed by atoms with Crippen LogP contribution in [0.2, 0.25) is 0 Å². The first-order valence-corrected chi connectivity index (χ1v) is 7.64. The number of H-pyrrole nitrogens is 1. The van der Waals surface area contributed by atoms with E-state index in [1.807, 2.05) is 6.92 Å². The second-order valence-electron chi connectivity index (χ2n) is 5.69. The molecule has 4 rings (SSSR count). The van der Waals surface area contributed by atoms with E-state index < -0.39 is 0 Å². The molecule has 0 saturated carbocycles. The quantitative estimate of drug-likeness (QED) is 0.600. The van der Waals surface area contributed by atoms with Crippen molar-refractivity contribution in [3.8, 4) is 0 Å². The van der Waals surface area contributed by atoms with Crippen LogP contribution in [0.25, 0.3) is 21.8 Å². The van der Waals surface area contributed by atoms with E-state index in [2.05, 4.69) is 74.9 Å². The van der Waals surface area contributed by atoms with Crippen LogP contribution in [0.1, 0.15) is 24.4 Å². The molecule has 0 unspecified atom stereocenters. The van der Waals surface area contributed by atoms with Crippen molar-refractivity contribution >= 4 is 27.6 Å². The van der Waals surface area contributed by atoms with Gasteiger partial charge in [-0.05, 0) is 30.2 Å². The molecule has 0 radical (unpaired) electrons. The maximum atomic E-state index is 4.54. The highest BCUT2D eigenvalue weighted by molar-refractivity contribution is 5.88. The minimum atomic E-state index is 0.119. The van der Waals surface area contributed by atoms with Gasteiger partial charge in [-0.1, -0.05) is 42.5 Å². The van der Waals surface area contributed by atoms with Crippen LogP contribution in [0, 0.1) is 6.92 Å². The van der Waals surface area contributed by atoms with Crippen LogP contribution in [-0.4, -0.2) is 20.2 Å². The lowest BCUT2D eigenvalue weighted by atomic mass is 10.00. The summed E-state index contributed by atoms with van der Waals surface area (Å²) in [5.74, 6) is 1.52. The van der Waals surface area contributed by atoms with E-state index in [1.165, 1.54) is 16.3 Å². The molecule has 0 saturated heterocycles. The molecule has 0 aliphatic carbocycles. The van der Waals surface area contributed by atoms with Crippen molar-refractivity contribution in [2.24, 2.45) is 0 Å². The van der Waals surface area contributed by atoms with E-state index >= 15 is 0 Å². The Bertz CT molecular complexity index is 984. The fourth-order valence-corrected chi connectivity index (χ4v) is 2.97. The minimum Gasteiger partial charge on any atom is -0.363 e. The zero-order chi connectivity index (χ0) is 15.8. The van der Waals surface area contributed by atoms with Crippen LogP contribution in [-0.2, 0) is 0 Å². The number of hydrogen-bond acceptors (Lipinski definition) is 4. The first kappa shape index (κ1) is 13.7. The van der Waals surface area contributed by atoms with E-state index in [0.717, 1.165) is 22.7 Å². The van der Waals surface area contributed by atoms with Crippen molar-refractivity contribution in [3.05, 3.63) is 60.0 Å².